The van der Waals surface area contributed by atoms with Crippen LogP contribution in [0.25, 0.3) is 16.6 Å². The van der Waals surface area contributed by atoms with Gasteiger partial charge in [0.15, 0.2) is 5.16 Å². The van der Waals surface area contributed by atoms with Crippen molar-refractivity contribution in [3.8, 4) is 11.4 Å². The molecule has 4 rings (SSSR count). The van der Waals surface area contributed by atoms with Gasteiger partial charge in [-0.1, -0.05) is 41.6 Å². The van der Waals surface area contributed by atoms with Gasteiger partial charge >= 0.3 is 0 Å². The van der Waals surface area contributed by atoms with Gasteiger partial charge in [0.2, 0.25) is 0 Å². The lowest BCUT2D eigenvalue weighted by Gasteiger charge is -2.13. The van der Waals surface area contributed by atoms with Gasteiger partial charge in [-0.15, -0.1) is 0 Å². The molecule has 0 atom stereocenters. The summed E-state index contributed by atoms with van der Waals surface area (Å²) in [6, 6.07) is 22.1. The van der Waals surface area contributed by atoms with Crippen molar-refractivity contribution in [1.29, 1.82) is 0 Å². The van der Waals surface area contributed by atoms with E-state index in [2.05, 4.69) is 15.5 Å². The number of carbonyl (C=O) groups is 1. The fourth-order valence-corrected chi connectivity index (χ4v) is 3.97. The van der Waals surface area contributed by atoms with Gasteiger partial charge in [0.25, 0.3) is 11.5 Å². The van der Waals surface area contributed by atoms with E-state index >= 15 is 0 Å². The van der Waals surface area contributed by atoms with E-state index in [1.165, 1.54) is 11.8 Å². The average Bonchev–Trinajstić information content (AvgIpc) is 2.84. The molecule has 0 aliphatic carbocycles. The fourth-order valence-electron chi connectivity index (χ4n) is 3.16. The molecule has 3 aromatic carbocycles. The summed E-state index contributed by atoms with van der Waals surface area (Å²) in [5, 5.41) is 4.97. The van der Waals surface area contributed by atoms with Crippen LogP contribution >= 0.6 is 11.8 Å². The summed E-state index contributed by atoms with van der Waals surface area (Å²) in [5.41, 5.74) is 5.54. The van der Waals surface area contributed by atoms with Crippen LogP contribution in [0.5, 0.6) is 5.75 Å². The highest BCUT2D eigenvalue weighted by Crippen LogP contribution is 2.21. The third-order valence-corrected chi connectivity index (χ3v) is 5.83. The number of thioether (sulfide) groups is 1. The number of hydrazone groups is 1. The Kier molecular flexibility index (Phi) is 6.85. The van der Waals surface area contributed by atoms with Crippen LogP contribution in [-0.4, -0.2) is 34.5 Å². The Morgan fingerprint density at radius 2 is 1.82 bits per heavy atom. The Bertz CT molecular complexity index is 1360. The van der Waals surface area contributed by atoms with Crippen molar-refractivity contribution in [2.75, 3.05) is 12.9 Å². The molecule has 8 heteroatoms. The van der Waals surface area contributed by atoms with Crippen molar-refractivity contribution >= 4 is 34.8 Å². The molecule has 0 aliphatic heterocycles. The monoisotopic (exact) mass is 458 g/mol. The minimum atomic E-state index is -0.303. The third kappa shape index (κ3) is 5.30. The second kappa shape index (κ2) is 10.1. The second-order valence-corrected chi connectivity index (χ2v) is 8.19. The first kappa shape index (κ1) is 22.3. The van der Waals surface area contributed by atoms with E-state index in [0.29, 0.717) is 21.7 Å². The van der Waals surface area contributed by atoms with Crippen molar-refractivity contribution in [2.24, 2.45) is 5.10 Å². The molecule has 7 nitrogen and oxygen atoms in total. The average molecular weight is 459 g/mol. The smallest absolute Gasteiger partial charge is 0.266 e. The summed E-state index contributed by atoms with van der Waals surface area (Å²) in [6.07, 6.45) is 1.55. The van der Waals surface area contributed by atoms with E-state index in [0.717, 1.165) is 16.9 Å². The molecule has 0 saturated carbocycles. The number of aromatic nitrogens is 2. The summed E-state index contributed by atoms with van der Waals surface area (Å²) >= 11 is 1.18. The van der Waals surface area contributed by atoms with Crippen LogP contribution in [0.1, 0.15) is 11.1 Å². The molecule has 0 unspecified atom stereocenters. The number of nitrogens with zero attached hydrogens (tertiary/aromatic N) is 3. The third-order valence-electron chi connectivity index (χ3n) is 4.89. The quantitative estimate of drug-likeness (QED) is 0.196. The van der Waals surface area contributed by atoms with Gasteiger partial charge in [-0.25, -0.2) is 10.4 Å². The Balaban J connectivity index is 1.53. The van der Waals surface area contributed by atoms with Crippen molar-refractivity contribution in [1.82, 2.24) is 15.0 Å². The summed E-state index contributed by atoms with van der Waals surface area (Å²) in [4.78, 5) is 30.2. The molecule has 0 aliphatic rings. The van der Waals surface area contributed by atoms with Crippen LogP contribution in [0, 0.1) is 6.92 Å². The topological polar surface area (TPSA) is 85.6 Å². The van der Waals surface area contributed by atoms with E-state index in [1.54, 1.807) is 30.0 Å². The maximum Gasteiger partial charge on any atom is 0.266 e. The molecule has 166 valence electrons. The molecule has 1 N–H and O–H groups in total. The van der Waals surface area contributed by atoms with Gasteiger partial charge < -0.3 is 4.74 Å². The Labute approximate surface area is 195 Å². The summed E-state index contributed by atoms with van der Waals surface area (Å²) in [7, 11) is 1.60. The number of benzene rings is 3. The lowest BCUT2D eigenvalue weighted by molar-refractivity contribution is -0.118. The maximum absolute atomic E-state index is 13.2. The number of amides is 1. The number of aryl methyl sites for hydroxylation is 1. The number of ether oxygens (including phenoxy) is 1. The Hall–Kier alpha value is -3.91. The molecular formula is C25H22N4O3S. The van der Waals surface area contributed by atoms with Crippen LogP contribution in [0.3, 0.4) is 0 Å². The van der Waals surface area contributed by atoms with Gasteiger partial charge in [0, 0.05) is 0 Å². The lowest BCUT2D eigenvalue weighted by Crippen LogP contribution is -2.24. The zero-order chi connectivity index (χ0) is 23.2. The summed E-state index contributed by atoms with van der Waals surface area (Å²) in [5.74, 6) is 0.495. The van der Waals surface area contributed by atoms with Crippen LogP contribution in [0.2, 0.25) is 0 Å². The maximum atomic E-state index is 13.2. The molecule has 33 heavy (non-hydrogen) atoms. The number of hydrogen-bond acceptors (Lipinski definition) is 6. The predicted octanol–water partition coefficient (Wildman–Crippen LogP) is 3.95. The molecule has 1 amide bonds. The van der Waals surface area contributed by atoms with E-state index in [-0.39, 0.29) is 17.2 Å². The number of hydrogen-bond donors (Lipinski definition) is 1. The van der Waals surface area contributed by atoms with Crippen LogP contribution in [0.15, 0.2) is 87.8 Å². The van der Waals surface area contributed by atoms with E-state index in [1.807, 2.05) is 67.6 Å². The molecular weight excluding hydrogens is 436 g/mol. The van der Waals surface area contributed by atoms with E-state index < -0.39 is 0 Å². The normalized spacial score (nSPS) is 11.1. The first-order valence-corrected chi connectivity index (χ1v) is 11.2. The number of rotatable bonds is 7. The number of para-hydroxylation sites is 1. The molecule has 0 spiro atoms. The van der Waals surface area contributed by atoms with Crippen LogP contribution < -0.4 is 15.7 Å². The highest BCUT2D eigenvalue weighted by atomic mass is 32.2. The predicted molar refractivity (Wildman–Crippen MR) is 132 cm³/mol. The standard InChI is InChI=1S/C25H22N4O3S/c1-17-7-11-19(12-8-17)29-24(31)21-5-3-4-6-22(21)27-25(29)33-16-23(30)28-26-15-18-9-13-20(32-2)14-10-18/h3-15H,16H2,1-2H3,(H,28,30). The molecule has 0 saturated heterocycles. The molecule has 0 bridgehead atoms. The SMILES string of the molecule is COc1ccc(C=NNC(=O)CSc2nc3ccccc3c(=O)n2-c2ccc(C)cc2)cc1. The van der Waals surface area contributed by atoms with Crippen LogP contribution in [0.4, 0.5) is 0 Å². The summed E-state index contributed by atoms with van der Waals surface area (Å²) in [6.45, 7) is 1.98. The number of nitrogens with one attached hydrogen (secondary N) is 1. The molecule has 1 heterocycles. The van der Waals surface area contributed by atoms with Gasteiger partial charge in [0.1, 0.15) is 5.75 Å². The first-order valence-electron chi connectivity index (χ1n) is 10.2. The Morgan fingerprint density at radius 3 is 2.55 bits per heavy atom. The van der Waals surface area contributed by atoms with Crippen molar-refractivity contribution in [3.05, 3.63) is 94.3 Å². The van der Waals surface area contributed by atoms with Gasteiger partial charge in [0.05, 0.1) is 35.7 Å². The zero-order valence-corrected chi connectivity index (χ0v) is 19.0. The number of methoxy groups -OCH3 is 1. The van der Waals surface area contributed by atoms with Crippen molar-refractivity contribution in [3.63, 3.8) is 0 Å². The fraction of sp³-hybridized carbons (Fsp3) is 0.120. The van der Waals surface area contributed by atoms with E-state index in [9.17, 15) is 9.59 Å². The first-order chi connectivity index (χ1) is 16.0. The van der Waals surface area contributed by atoms with Crippen molar-refractivity contribution in [2.45, 2.75) is 12.1 Å². The van der Waals surface area contributed by atoms with Gasteiger partial charge in [-0.3, -0.25) is 14.2 Å². The molecule has 0 radical (unpaired) electrons. The zero-order valence-electron chi connectivity index (χ0n) is 18.2. The highest BCUT2D eigenvalue weighted by Gasteiger charge is 2.14. The molecule has 4 aromatic rings. The minimum absolute atomic E-state index is 0.0522. The van der Waals surface area contributed by atoms with Gasteiger partial charge in [-0.05, 0) is 61.0 Å². The summed E-state index contributed by atoms with van der Waals surface area (Å²) < 4.78 is 6.66. The number of fused-ring (bicyclic) bond motifs is 1. The van der Waals surface area contributed by atoms with Crippen LogP contribution in [-0.2, 0) is 4.79 Å². The molecule has 1 aromatic heterocycles. The number of carbonyl (C=O) groups excluding carboxylic acids is 1. The highest BCUT2D eigenvalue weighted by molar-refractivity contribution is 7.99. The lowest BCUT2D eigenvalue weighted by atomic mass is 10.2. The minimum Gasteiger partial charge on any atom is -0.497 e. The Morgan fingerprint density at radius 1 is 1.09 bits per heavy atom. The largest absolute Gasteiger partial charge is 0.497 e. The van der Waals surface area contributed by atoms with Crippen molar-refractivity contribution < 1.29 is 9.53 Å². The molecule has 0 fully saturated rings. The van der Waals surface area contributed by atoms with Gasteiger partial charge in [-0.2, -0.15) is 5.10 Å². The van der Waals surface area contributed by atoms with E-state index in [4.69, 9.17) is 4.74 Å². The second-order valence-electron chi connectivity index (χ2n) is 7.24.